The molecule has 0 aliphatic carbocycles. The van der Waals surface area contributed by atoms with Crippen molar-refractivity contribution in [3.63, 3.8) is 0 Å². The quantitative estimate of drug-likeness (QED) is 0.705. The van der Waals surface area contributed by atoms with Crippen LogP contribution in [0.1, 0.15) is 13.3 Å². The molecule has 2 nitrogen and oxygen atoms in total. The summed E-state index contributed by atoms with van der Waals surface area (Å²) in [6.07, 6.45) is -5.71. The second-order valence-corrected chi connectivity index (χ2v) is 3.61. The van der Waals surface area contributed by atoms with Crippen LogP contribution in [0, 0.1) is 5.92 Å². The predicted octanol–water partition coefficient (Wildman–Crippen LogP) is 1.89. The number of aliphatic hydroxyl groups excluding tert-OH is 1. The normalized spacial score (nSPS) is 30.4. The summed E-state index contributed by atoms with van der Waals surface area (Å²) in [5.41, 5.74) is -1.08. The van der Waals surface area contributed by atoms with Crippen molar-refractivity contribution in [3.05, 3.63) is 12.2 Å². The van der Waals surface area contributed by atoms with Gasteiger partial charge in [0.15, 0.2) is 0 Å². The number of hydrogen-bond donors (Lipinski definition) is 1. The summed E-state index contributed by atoms with van der Waals surface area (Å²) < 4.78 is 41.5. The maximum atomic E-state index is 12.1. The number of halogens is 3. The Labute approximate surface area is 80.4 Å². The van der Waals surface area contributed by atoms with Gasteiger partial charge in [-0.2, -0.15) is 13.2 Å². The monoisotopic (exact) mass is 210 g/mol. The van der Waals surface area contributed by atoms with Crippen LogP contribution in [0.4, 0.5) is 13.2 Å². The lowest BCUT2D eigenvalue weighted by atomic mass is 9.94. The third kappa shape index (κ3) is 2.48. The second-order valence-electron chi connectivity index (χ2n) is 3.61. The molecule has 0 saturated carbocycles. The van der Waals surface area contributed by atoms with Crippen molar-refractivity contribution in [2.45, 2.75) is 31.7 Å². The smallest absolute Gasteiger partial charge is 0.388 e. The van der Waals surface area contributed by atoms with Gasteiger partial charge >= 0.3 is 6.18 Å². The maximum Gasteiger partial charge on any atom is 0.414 e. The van der Waals surface area contributed by atoms with Gasteiger partial charge in [-0.1, -0.05) is 6.58 Å². The van der Waals surface area contributed by atoms with Crippen LogP contribution in [-0.2, 0) is 4.74 Å². The van der Waals surface area contributed by atoms with Crippen LogP contribution >= 0.6 is 0 Å². The lowest BCUT2D eigenvalue weighted by molar-refractivity contribution is -0.109. The Hall–Kier alpha value is -0.550. The summed E-state index contributed by atoms with van der Waals surface area (Å²) in [4.78, 5) is 0. The van der Waals surface area contributed by atoms with Gasteiger partial charge in [0.25, 0.3) is 0 Å². The Balaban J connectivity index is 2.57. The van der Waals surface area contributed by atoms with E-state index in [2.05, 4.69) is 6.58 Å². The van der Waals surface area contributed by atoms with Crippen molar-refractivity contribution in [1.29, 1.82) is 0 Å². The van der Waals surface area contributed by atoms with E-state index in [-0.39, 0.29) is 12.7 Å². The average Bonchev–Trinajstić information content (AvgIpc) is 2.47. The molecular formula is C9H13F3O2. The van der Waals surface area contributed by atoms with Gasteiger partial charge in [0.2, 0.25) is 0 Å². The number of hydrogen-bond acceptors (Lipinski definition) is 2. The summed E-state index contributed by atoms with van der Waals surface area (Å²) in [5.74, 6) is -0.487. The van der Waals surface area contributed by atoms with E-state index >= 15 is 0 Å². The van der Waals surface area contributed by atoms with Crippen molar-refractivity contribution >= 4 is 0 Å². The first-order valence-corrected chi connectivity index (χ1v) is 4.38. The van der Waals surface area contributed by atoms with Crippen LogP contribution < -0.4 is 0 Å². The second kappa shape index (κ2) is 3.90. The molecule has 3 unspecified atom stereocenters. The van der Waals surface area contributed by atoms with Gasteiger partial charge in [-0.3, -0.25) is 0 Å². The first kappa shape index (κ1) is 11.5. The predicted molar refractivity (Wildman–Crippen MR) is 44.7 cm³/mol. The van der Waals surface area contributed by atoms with Crippen molar-refractivity contribution in [2.75, 3.05) is 6.61 Å². The Morgan fingerprint density at radius 2 is 2.14 bits per heavy atom. The SMILES string of the molecule is C=C(C(O)C1COC(C)C1)C(F)(F)F. The lowest BCUT2D eigenvalue weighted by Gasteiger charge is -2.20. The summed E-state index contributed by atoms with van der Waals surface area (Å²) in [6, 6.07) is 0. The summed E-state index contributed by atoms with van der Waals surface area (Å²) in [7, 11) is 0. The Bertz CT molecular complexity index is 225. The van der Waals surface area contributed by atoms with Gasteiger partial charge in [-0.15, -0.1) is 0 Å². The largest absolute Gasteiger partial charge is 0.414 e. The van der Waals surface area contributed by atoms with E-state index in [1.165, 1.54) is 0 Å². The molecule has 0 amide bonds. The van der Waals surface area contributed by atoms with Gasteiger partial charge in [-0.25, -0.2) is 0 Å². The van der Waals surface area contributed by atoms with Crippen molar-refractivity contribution < 1.29 is 23.0 Å². The molecule has 0 aromatic heterocycles. The van der Waals surface area contributed by atoms with Gasteiger partial charge in [0.05, 0.1) is 24.4 Å². The number of aliphatic hydroxyl groups is 1. The minimum absolute atomic E-state index is 0.0873. The first-order chi connectivity index (χ1) is 6.32. The molecule has 14 heavy (non-hydrogen) atoms. The lowest BCUT2D eigenvalue weighted by Crippen LogP contribution is -2.30. The Morgan fingerprint density at radius 1 is 1.57 bits per heavy atom. The van der Waals surface area contributed by atoms with Crippen LogP contribution in [-0.4, -0.2) is 30.1 Å². The highest BCUT2D eigenvalue weighted by Crippen LogP contribution is 2.33. The zero-order valence-electron chi connectivity index (χ0n) is 7.84. The van der Waals surface area contributed by atoms with Gasteiger partial charge in [-0.05, 0) is 13.3 Å². The molecule has 1 rings (SSSR count). The van der Waals surface area contributed by atoms with E-state index in [0.29, 0.717) is 6.42 Å². The third-order valence-corrected chi connectivity index (χ3v) is 2.40. The fourth-order valence-electron chi connectivity index (χ4n) is 1.52. The van der Waals surface area contributed by atoms with Crippen LogP contribution in [0.15, 0.2) is 12.2 Å². The molecule has 5 heteroatoms. The highest BCUT2D eigenvalue weighted by Gasteiger charge is 2.41. The molecule has 0 aromatic rings. The van der Waals surface area contributed by atoms with Crippen LogP contribution in [0.3, 0.4) is 0 Å². The van der Waals surface area contributed by atoms with E-state index < -0.39 is 23.8 Å². The molecule has 82 valence electrons. The molecule has 1 fully saturated rings. The zero-order chi connectivity index (χ0) is 10.9. The average molecular weight is 210 g/mol. The van der Waals surface area contributed by atoms with Crippen molar-refractivity contribution in [1.82, 2.24) is 0 Å². The van der Waals surface area contributed by atoms with Crippen molar-refractivity contribution in [2.24, 2.45) is 5.92 Å². The number of alkyl halides is 3. The topological polar surface area (TPSA) is 29.5 Å². The molecule has 3 atom stereocenters. The minimum atomic E-state index is -4.52. The first-order valence-electron chi connectivity index (χ1n) is 4.38. The maximum absolute atomic E-state index is 12.1. The molecule has 0 aromatic carbocycles. The van der Waals surface area contributed by atoms with Crippen molar-refractivity contribution in [3.8, 4) is 0 Å². The Morgan fingerprint density at radius 3 is 2.50 bits per heavy atom. The molecule has 1 N–H and O–H groups in total. The number of ether oxygens (including phenoxy) is 1. The Kier molecular flexibility index (Phi) is 3.21. The standard InChI is InChI=1S/C9H13F3O2/c1-5-3-7(4-14-5)8(13)6(2)9(10,11)12/h5,7-8,13H,2-4H2,1H3. The molecule has 0 radical (unpaired) electrons. The molecule has 1 aliphatic heterocycles. The van der Waals surface area contributed by atoms with E-state index in [1.807, 2.05) is 0 Å². The minimum Gasteiger partial charge on any atom is -0.388 e. The molecule has 1 aliphatic rings. The van der Waals surface area contributed by atoms with E-state index in [9.17, 15) is 18.3 Å². The van der Waals surface area contributed by atoms with E-state index in [1.54, 1.807) is 6.92 Å². The van der Waals surface area contributed by atoms with Gasteiger partial charge < -0.3 is 9.84 Å². The molecule has 0 spiro atoms. The highest BCUT2D eigenvalue weighted by atomic mass is 19.4. The fourth-order valence-corrected chi connectivity index (χ4v) is 1.52. The molecule has 0 bridgehead atoms. The van der Waals surface area contributed by atoms with E-state index in [4.69, 9.17) is 4.74 Å². The summed E-state index contributed by atoms with van der Waals surface area (Å²) >= 11 is 0. The number of rotatable bonds is 2. The fraction of sp³-hybridized carbons (Fsp3) is 0.778. The van der Waals surface area contributed by atoms with Gasteiger partial charge in [0, 0.05) is 5.92 Å². The summed E-state index contributed by atoms with van der Waals surface area (Å²) in [5, 5.41) is 9.37. The third-order valence-electron chi connectivity index (χ3n) is 2.40. The van der Waals surface area contributed by atoms with Crippen LogP contribution in [0.5, 0.6) is 0 Å². The molecular weight excluding hydrogens is 197 g/mol. The van der Waals surface area contributed by atoms with Crippen LogP contribution in [0.2, 0.25) is 0 Å². The molecule has 1 saturated heterocycles. The summed E-state index contributed by atoms with van der Waals surface area (Å²) in [6.45, 7) is 4.80. The zero-order valence-corrected chi connectivity index (χ0v) is 7.84. The van der Waals surface area contributed by atoms with Crippen LogP contribution in [0.25, 0.3) is 0 Å². The highest BCUT2D eigenvalue weighted by molar-refractivity contribution is 5.11. The molecule has 1 heterocycles. The van der Waals surface area contributed by atoms with Gasteiger partial charge in [0.1, 0.15) is 0 Å². The van der Waals surface area contributed by atoms with E-state index in [0.717, 1.165) is 0 Å².